The van der Waals surface area contributed by atoms with E-state index >= 15 is 0 Å². The van der Waals surface area contributed by atoms with Crippen molar-refractivity contribution >= 4 is 28.3 Å². The predicted molar refractivity (Wildman–Crippen MR) is 73.9 cm³/mol. The number of amides is 1. The van der Waals surface area contributed by atoms with Gasteiger partial charge in [-0.3, -0.25) is 14.9 Å². The van der Waals surface area contributed by atoms with Gasteiger partial charge in [0.2, 0.25) is 0 Å². The van der Waals surface area contributed by atoms with Crippen LogP contribution in [0.1, 0.15) is 16.1 Å². The van der Waals surface area contributed by atoms with Crippen LogP contribution in [0.3, 0.4) is 0 Å². The summed E-state index contributed by atoms with van der Waals surface area (Å²) in [4.78, 5) is 27.1. The van der Waals surface area contributed by atoms with E-state index in [1.165, 1.54) is 13.2 Å². The van der Waals surface area contributed by atoms with Crippen LogP contribution in [0.2, 0.25) is 0 Å². The van der Waals surface area contributed by atoms with Crippen LogP contribution in [0.5, 0.6) is 5.75 Å². The highest BCUT2D eigenvalue weighted by Crippen LogP contribution is 2.21. The van der Waals surface area contributed by atoms with Crippen molar-refractivity contribution < 1.29 is 23.8 Å². The van der Waals surface area contributed by atoms with Crippen molar-refractivity contribution in [2.45, 2.75) is 6.42 Å². The number of nitrogens with one attached hydrogen (secondary N) is 1. The Bertz CT molecular complexity index is 687. The minimum absolute atomic E-state index is 0.00463. The number of nitrogens with zero attached hydrogens (tertiary/aromatic N) is 1. The maximum Gasteiger partial charge on any atom is 0.311 e. The van der Waals surface area contributed by atoms with E-state index in [1.807, 2.05) is 0 Å². The van der Waals surface area contributed by atoms with Gasteiger partial charge >= 0.3 is 5.97 Å². The quantitative estimate of drug-likeness (QED) is 0.843. The summed E-state index contributed by atoms with van der Waals surface area (Å²) in [6, 6.07) is 3.08. The number of phenols is 1. The standard InChI is InChI=1S/C13H11FN2O4S/c1-20-11(18)5-8-6-21-13(15-8)16-12(19)9-3-2-7(14)4-10(9)17/h2-4,6,17H,5H2,1H3,(H,15,16,19). The van der Waals surface area contributed by atoms with Crippen molar-refractivity contribution in [3.05, 3.63) is 40.7 Å². The molecule has 0 fully saturated rings. The SMILES string of the molecule is COC(=O)Cc1csc(NC(=O)c2ccc(F)cc2O)n1. The lowest BCUT2D eigenvalue weighted by molar-refractivity contribution is -0.139. The van der Waals surface area contributed by atoms with Crippen molar-refractivity contribution in [3.63, 3.8) is 0 Å². The molecule has 6 nitrogen and oxygen atoms in total. The number of hydrogen-bond acceptors (Lipinski definition) is 6. The zero-order chi connectivity index (χ0) is 15.4. The molecule has 0 spiro atoms. The van der Waals surface area contributed by atoms with Crippen molar-refractivity contribution in [2.75, 3.05) is 12.4 Å². The topological polar surface area (TPSA) is 88.5 Å². The fourth-order valence-corrected chi connectivity index (χ4v) is 2.23. The van der Waals surface area contributed by atoms with Crippen molar-refractivity contribution in [3.8, 4) is 5.75 Å². The van der Waals surface area contributed by atoms with Crippen LogP contribution in [-0.4, -0.2) is 29.1 Å². The smallest absolute Gasteiger partial charge is 0.311 e. The summed E-state index contributed by atoms with van der Waals surface area (Å²) in [7, 11) is 1.27. The van der Waals surface area contributed by atoms with Gasteiger partial charge in [0, 0.05) is 11.4 Å². The number of anilines is 1. The normalized spacial score (nSPS) is 10.2. The summed E-state index contributed by atoms with van der Waals surface area (Å²) in [6.45, 7) is 0. The van der Waals surface area contributed by atoms with Crippen molar-refractivity contribution in [2.24, 2.45) is 0 Å². The van der Waals surface area contributed by atoms with Crippen molar-refractivity contribution in [1.29, 1.82) is 0 Å². The molecule has 1 heterocycles. The van der Waals surface area contributed by atoms with E-state index in [0.29, 0.717) is 5.69 Å². The molecule has 2 rings (SSSR count). The molecule has 0 saturated carbocycles. The van der Waals surface area contributed by atoms with E-state index < -0.39 is 23.4 Å². The average Bonchev–Trinajstić information content (AvgIpc) is 2.85. The van der Waals surface area contributed by atoms with E-state index in [4.69, 9.17) is 0 Å². The lowest BCUT2D eigenvalue weighted by Crippen LogP contribution is -2.12. The average molecular weight is 310 g/mol. The third-order valence-electron chi connectivity index (χ3n) is 2.53. The highest BCUT2D eigenvalue weighted by Gasteiger charge is 2.14. The number of halogens is 1. The van der Waals surface area contributed by atoms with Gasteiger partial charge in [0.05, 0.1) is 24.8 Å². The number of rotatable bonds is 4. The molecule has 1 aromatic carbocycles. The Kier molecular flexibility index (Phi) is 4.49. The molecular weight excluding hydrogens is 299 g/mol. The first kappa shape index (κ1) is 14.9. The van der Waals surface area contributed by atoms with Crippen LogP contribution >= 0.6 is 11.3 Å². The van der Waals surface area contributed by atoms with Gasteiger partial charge in [-0.15, -0.1) is 11.3 Å². The molecule has 21 heavy (non-hydrogen) atoms. The van der Waals surface area contributed by atoms with Crippen LogP contribution in [0, 0.1) is 5.82 Å². The summed E-state index contributed by atoms with van der Waals surface area (Å²) in [6.07, 6.45) is 0.00463. The zero-order valence-electron chi connectivity index (χ0n) is 10.9. The number of aromatic nitrogens is 1. The third kappa shape index (κ3) is 3.76. The lowest BCUT2D eigenvalue weighted by Gasteiger charge is -2.04. The summed E-state index contributed by atoms with van der Waals surface area (Å²) in [5.41, 5.74) is 0.395. The molecule has 8 heteroatoms. The first-order chi connectivity index (χ1) is 9.99. The molecular formula is C13H11FN2O4S. The van der Waals surface area contributed by atoms with E-state index in [1.54, 1.807) is 5.38 Å². The number of aromatic hydroxyl groups is 1. The first-order valence-corrected chi connectivity index (χ1v) is 6.68. The molecule has 0 unspecified atom stereocenters. The van der Waals surface area contributed by atoms with Gasteiger partial charge < -0.3 is 9.84 Å². The zero-order valence-corrected chi connectivity index (χ0v) is 11.7. The number of thiazole rings is 1. The summed E-state index contributed by atoms with van der Waals surface area (Å²) in [5, 5.41) is 13.9. The molecule has 0 radical (unpaired) electrons. The van der Waals surface area contributed by atoms with Gasteiger partial charge in [0.15, 0.2) is 5.13 Å². The fraction of sp³-hybridized carbons (Fsp3) is 0.154. The number of carbonyl (C=O) groups is 2. The molecule has 0 saturated heterocycles. The monoisotopic (exact) mass is 310 g/mol. The van der Waals surface area contributed by atoms with Gasteiger partial charge in [-0.25, -0.2) is 9.37 Å². The van der Waals surface area contributed by atoms with Crippen molar-refractivity contribution in [1.82, 2.24) is 4.98 Å². The van der Waals surface area contributed by atoms with E-state index in [-0.39, 0.29) is 17.1 Å². The largest absolute Gasteiger partial charge is 0.507 e. The van der Waals surface area contributed by atoms with Crippen LogP contribution in [-0.2, 0) is 16.0 Å². The van der Waals surface area contributed by atoms with E-state index in [2.05, 4.69) is 15.0 Å². The molecule has 2 aromatic rings. The Morgan fingerprint density at radius 2 is 2.24 bits per heavy atom. The molecule has 0 atom stereocenters. The summed E-state index contributed by atoms with van der Waals surface area (Å²) < 4.78 is 17.4. The molecule has 1 aromatic heterocycles. The van der Waals surface area contributed by atoms with Crippen LogP contribution in [0.15, 0.2) is 23.6 Å². The second-order valence-corrected chi connectivity index (χ2v) is 4.87. The molecule has 110 valence electrons. The Hall–Kier alpha value is -2.48. The predicted octanol–water partition coefficient (Wildman–Crippen LogP) is 1.96. The fourth-order valence-electron chi connectivity index (χ4n) is 1.53. The van der Waals surface area contributed by atoms with E-state index in [9.17, 15) is 19.1 Å². The Labute approximate surface area is 123 Å². The molecule has 2 N–H and O–H groups in total. The second kappa shape index (κ2) is 6.31. The molecule has 0 aliphatic heterocycles. The van der Waals surface area contributed by atoms with Gasteiger partial charge in [-0.05, 0) is 12.1 Å². The molecule has 1 amide bonds. The van der Waals surface area contributed by atoms with Crippen LogP contribution in [0.4, 0.5) is 9.52 Å². The van der Waals surface area contributed by atoms with Crippen LogP contribution in [0.25, 0.3) is 0 Å². The highest BCUT2D eigenvalue weighted by atomic mass is 32.1. The first-order valence-electron chi connectivity index (χ1n) is 5.80. The van der Waals surface area contributed by atoms with E-state index in [0.717, 1.165) is 23.5 Å². The number of benzene rings is 1. The highest BCUT2D eigenvalue weighted by molar-refractivity contribution is 7.14. The number of hydrogen-bond donors (Lipinski definition) is 2. The number of phenolic OH excluding ortho intramolecular Hbond substituents is 1. The maximum atomic E-state index is 12.9. The van der Waals surface area contributed by atoms with Gasteiger partial charge in [0.25, 0.3) is 5.91 Å². The number of ether oxygens (including phenoxy) is 1. The Morgan fingerprint density at radius 3 is 2.90 bits per heavy atom. The molecule has 0 bridgehead atoms. The summed E-state index contributed by atoms with van der Waals surface area (Å²) in [5.74, 6) is -2.15. The maximum absolute atomic E-state index is 12.9. The number of esters is 1. The minimum Gasteiger partial charge on any atom is -0.507 e. The third-order valence-corrected chi connectivity index (χ3v) is 3.34. The number of methoxy groups -OCH3 is 1. The summed E-state index contributed by atoms with van der Waals surface area (Å²) >= 11 is 1.13. The van der Waals surface area contributed by atoms with Gasteiger partial charge in [-0.2, -0.15) is 0 Å². The molecule has 0 aliphatic carbocycles. The lowest BCUT2D eigenvalue weighted by atomic mass is 10.2. The second-order valence-electron chi connectivity index (χ2n) is 4.01. The minimum atomic E-state index is -0.640. The van der Waals surface area contributed by atoms with Gasteiger partial charge in [0.1, 0.15) is 11.6 Å². The Balaban J connectivity index is 2.07. The molecule has 0 aliphatic rings. The van der Waals surface area contributed by atoms with Crippen LogP contribution < -0.4 is 5.32 Å². The number of carbonyl (C=O) groups excluding carboxylic acids is 2. The van der Waals surface area contributed by atoms with Gasteiger partial charge in [-0.1, -0.05) is 0 Å². The Morgan fingerprint density at radius 1 is 1.48 bits per heavy atom.